The number of hydrogen-bond donors (Lipinski definition) is 2. The second kappa shape index (κ2) is 8.89. The summed E-state index contributed by atoms with van der Waals surface area (Å²) in [6.07, 6.45) is 3.67. The summed E-state index contributed by atoms with van der Waals surface area (Å²) in [6, 6.07) is 7.29. The van der Waals surface area contributed by atoms with Crippen molar-refractivity contribution in [3.05, 3.63) is 24.3 Å². The molecule has 1 aromatic rings. The minimum atomic E-state index is -0.998. The minimum absolute atomic E-state index is 0.212. The summed E-state index contributed by atoms with van der Waals surface area (Å²) in [5, 5.41) is 12.1. The Hall–Kier alpha value is -2.41. The molecule has 2 rings (SSSR count). The molecule has 0 saturated carbocycles. The number of hydrazone groups is 1. The van der Waals surface area contributed by atoms with Crippen LogP contribution in [-0.4, -0.2) is 54.1 Å². The summed E-state index contributed by atoms with van der Waals surface area (Å²) in [4.78, 5) is 17.2. The number of rotatable bonds is 8. The van der Waals surface area contributed by atoms with Gasteiger partial charge in [-0.05, 0) is 50.2 Å². The minimum Gasteiger partial charge on any atom is -0.492 e. The van der Waals surface area contributed by atoms with Gasteiger partial charge in [0.2, 0.25) is 0 Å². The summed E-state index contributed by atoms with van der Waals surface area (Å²) in [5.74, 6) is 4.92. The molecule has 1 aromatic carbocycles. The number of nitrogens with two attached hydrogens (primary N) is 1. The molecule has 1 fully saturated rings. The first kappa shape index (κ1) is 17.0. The molecule has 0 unspecified atom stereocenters. The number of likely N-dealkylation sites (tertiary alicyclic amines) is 1. The van der Waals surface area contributed by atoms with E-state index in [-0.39, 0.29) is 12.1 Å². The van der Waals surface area contributed by atoms with Crippen molar-refractivity contribution in [2.75, 3.05) is 26.2 Å². The Labute approximate surface area is 135 Å². The van der Waals surface area contributed by atoms with Crippen molar-refractivity contribution >= 4 is 23.6 Å². The van der Waals surface area contributed by atoms with Gasteiger partial charge in [0, 0.05) is 6.54 Å². The van der Waals surface area contributed by atoms with E-state index < -0.39 is 5.97 Å². The summed E-state index contributed by atoms with van der Waals surface area (Å²) in [6.45, 7) is 3.95. The Balaban J connectivity index is 1.80. The van der Waals surface area contributed by atoms with E-state index in [1.54, 1.807) is 12.1 Å². The van der Waals surface area contributed by atoms with E-state index in [2.05, 4.69) is 15.0 Å². The molecule has 1 aliphatic rings. The van der Waals surface area contributed by atoms with Crippen LogP contribution in [0.3, 0.4) is 0 Å². The van der Waals surface area contributed by atoms with Crippen LogP contribution in [0.15, 0.2) is 34.4 Å². The van der Waals surface area contributed by atoms with Crippen LogP contribution in [0.4, 0.5) is 5.69 Å². The second-order valence-electron chi connectivity index (χ2n) is 5.34. The van der Waals surface area contributed by atoms with Crippen molar-refractivity contribution in [3.63, 3.8) is 0 Å². The zero-order chi connectivity index (χ0) is 16.5. The standard InChI is InChI=1S/C16H22N4O3/c17-19-14(11-16(21)22)12-18-13-3-5-15(6-4-13)23-10-9-20-7-1-2-8-20/h3-6,12H,1-2,7-11,17H2,(H,21,22). The van der Waals surface area contributed by atoms with Gasteiger partial charge in [0.25, 0.3) is 0 Å². The molecule has 1 aliphatic heterocycles. The van der Waals surface area contributed by atoms with Gasteiger partial charge in [0.15, 0.2) is 0 Å². The fourth-order valence-electron chi connectivity index (χ4n) is 2.36. The number of nitrogens with zero attached hydrogens (tertiary/aromatic N) is 3. The van der Waals surface area contributed by atoms with Gasteiger partial charge in [-0.2, -0.15) is 5.10 Å². The van der Waals surface area contributed by atoms with Gasteiger partial charge >= 0.3 is 5.97 Å². The van der Waals surface area contributed by atoms with Crippen molar-refractivity contribution in [2.45, 2.75) is 19.3 Å². The van der Waals surface area contributed by atoms with E-state index in [0.717, 1.165) is 12.3 Å². The van der Waals surface area contributed by atoms with E-state index in [1.807, 2.05) is 12.1 Å². The van der Waals surface area contributed by atoms with Crippen LogP contribution in [0.25, 0.3) is 0 Å². The molecular formula is C16H22N4O3. The Morgan fingerprint density at radius 1 is 1.30 bits per heavy atom. The molecule has 0 amide bonds. The third-order valence-electron chi connectivity index (χ3n) is 3.57. The highest BCUT2D eigenvalue weighted by atomic mass is 16.5. The average Bonchev–Trinajstić information content (AvgIpc) is 3.05. The van der Waals surface area contributed by atoms with Gasteiger partial charge in [0.1, 0.15) is 12.4 Å². The summed E-state index contributed by atoms with van der Waals surface area (Å²) < 4.78 is 5.71. The second-order valence-corrected chi connectivity index (χ2v) is 5.34. The Kier molecular flexibility index (Phi) is 6.56. The van der Waals surface area contributed by atoms with Gasteiger partial charge < -0.3 is 15.7 Å². The van der Waals surface area contributed by atoms with Crippen molar-refractivity contribution in [1.82, 2.24) is 4.90 Å². The first-order chi connectivity index (χ1) is 11.2. The zero-order valence-corrected chi connectivity index (χ0v) is 13.0. The predicted octanol–water partition coefficient (Wildman–Crippen LogP) is 1.65. The van der Waals surface area contributed by atoms with Gasteiger partial charge in [-0.25, -0.2) is 0 Å². The van der Waals surface area contributed by atoms with E-state index in [9.17, 15) is 4.79 Å². The van der Waals surface area contributed by atoms with Crippen LogP contribution in [0.5, 0.6) is 5.75 Å². The molecule has 3 N–H and O–H groups in total. The zero-order valence-electron chi connectivity index (χ0n) is 13.0. The smallest absolute Gasteiger partial charge is 0.309 e. The quantitative estimate of drug-likeness (QED) is 0.431. The topological polar surface area (TPSA) is 101 Å². The van der Waals surface area contributed by atoms with E-state index in [4.69, 9.17) is 15.7 Å². The molecule has 0 bridgehead atoms. The molecule has 1 heterocycles. The van der Waals surface area contributed by atoms with Crippen molar-refractivity contribution in [2.24, 2.45) is 15.9 Å². The third kappa shape index (κ3) is 6.07. The Morgan fingerprint density at radius 2 is 2.00 bits per heavy atom. The summed E-state index contributed by atoms with van der Waals surface area (Å²) >= 11 is 0. The maximum absolute atomic E-state index is 10.6. The molecule has 0 aliphatic carbocycles. The Bertz CT molecular complexity index is 563. The summed E-state index contributed by atoms with van der Waals surface area (Å²) in [7, 11) is 0. The van der Waals surface area contributed by atoms with Crippen molar-refractivity contribution in [1.29, 1.82) is 0 Å². The van der Waals surface area contributed by atoms with Crippen LogP contribution in [0.1, 0.15) is 19.3 Å². The van der Waals surface area contributed by atoms with E-state index >= 15 is 0 Å². The highest BCUT2D eigenvalue weighted by molar-refractivity contribution is 6.34. The van der Waals surface area contributed by atoms with Crippen LogP contribution < -0.4 is 10.6 Å². The first-order valence-electron chi connectivity index (χ1n) is 7.65. The fourth-order valence-corrected chi connectivity index (χ4v) is 2.36. The molecule has 7 nitrogen and oxygen atoms in total. The maximum atomic E-state index is 10.6. The molecule has 124 valence electrons. The average molecular weight is 318 g/mol. The lowest BCUT2D eigenvalue weighted by atomic mass is 10.3. The number of benzene rings is 1. The van der Waals surface area contributed by atoms with Crippen LogP contribution in [-0.2, 0) is 4.79 Å². The van der Waals surface area contributed by atoms with E-state index in [0.29, 0.717) is 12.3 Å². The van der Waals surface area contributed by atoms with Gasteiger partial charge in [-0.1, -0.05) is 0 Å². The predicted molar refractivity (Wildman–Crippen MR) is 89.6 cm³/mol. The lowest BCUT2D eigenvalue weighted by Gasteiger charge is -2.14. The highest BCUT2D eigenvalue weighted by Crippen LogP contribution is 2.18. The molecule has 0 radical (unpaired) electrons. The highest BCUT2D eigenvalue weighted by Gasteiger charge is 2.10. The lowest BCUT2D eigenvalue weighted by molar-refractivity contribution is -0.135. The molecular weight excluding hydrogens is 296 g/mol. The molecule has 0 aromatic heterocycles. The summed E-state index contributed by atoms with van der Waals surface area (Å²) in [5.41, 5.74) is 0.895. The van der Waals surface area contributed by atoms with Crippen LogP contribution in [0, 0.1) is 0 Å². The molecule has 7 heteroatoms. The number of aliphatic imine (C=N–C) groups is 1. The maximum Gasteiger partial charge on any atom is 0.309 e. The molecule has 0 spiro atoms. The molecule has 1 saturated heterocycles. The number of carboxylic acid groups (broad SMARTS) is 1. The Morgan fingerprint density at radius 3 is 2.61 bits per heavy atom. The largest absolute Gasteiger partial charge is 0.492 e. The van der Waals surface area contributed by atoms with Gasteiger partial charge in [0.05, 0.1) is 24.0 Å². The third-order valence-corrected chi connectivity index (χ3v) is 3.57. The molecule has 0 atom stereocenters. The van der Waals surface area contributed by atoms with Crippen molar-refractivity contribution < 1.29 is 14.6 Å². The monoisotopic (exact) mass is 318 g/mol. The number of carboxylic acids is 1. The number of ether oxygens (including phenoxy) is 1. The first-order valence-corrected chi connectivity index (χ1v) is 7.65. The fraction of sp³-hybridized carbons (Fsp3) is 0.438. The van der Waals surface area contributed by atoms with E-state index in [1.165, 1.54) is 32.1 Å². The lowest BCUT2D eigenvalue weighted by Crippen LogP contribution is -2.25. The van der Waals surface area contributed by atoms with Crippen LogP contribution >= 0.6 is 0 Å². The van der Waals surface area contributed by atoms with Crippen molar-refractivity contribution in [3.8, 4) is 5.75 Å². The number of carbonyl (C=O) groups is 1. The normalized spacial score (nSPS) is 16.1. The molecule has 23 heavy (non-hydrogen) atoms. The van der Waals surface area contributed by atoms with Gasteiger partial charge in [-0.15, -0.1) is 0 Å². The van der Waals surface area contributed by atoms with Gasteiger partial charge in [-0.3, -0.25) is 14.7 Å². The number of hydrogen-bond acceptors (Lipinski definition) is 6. The SMILES string of the molecule is NN=C(C=Nc1ccc(OCCN2CCCC2)cc1)CC(=O)O. The van der Waals surface area contributed by atoms with Crippen LogP contribution in [0.2, 0.25) is 0 Å². The number of aliphatic carboxylic acids is 1.